The first kappa shape index (κ1) is 16.9. The van der Waals surface area contributed by atoms with Gasteiger partial charge in [0.15, 0.2) is 5.78 Å². The third kappa shape index (κ3) is 3.32. The molecule has 0 bridgehead atoms. The van der Waals surface area contributed by atoms with Crippen LogP contribution >= 0.6 is 0 Å². The van der Waals surface area contributed by atoms with Crippen LogP contribution in [-0.4, -0.2) is 28.5 Å². The summed E-state index contributed by atoms with van der Waals surface area (Å²) < 4.78 is 38.0. The molecule has 2 aromatic carbocycles. The number of benzene rings is 2. The number of alkyl halides is 3. The predicted octanol–water partition coefficient (Wildman–Crippen LogP) is 3.41. The summed E-state index contributed by atoms with van der Waals surface area (Å²) in [6, 6.07) is 13.0. The maximum Gasteiger partial charge on any atom is 0.424 e. The van der Waals surface area contributed by atoms with Crippen molar-refractivity contribution < 1.29 is 27.9 Å². The minimum atomic E-state index is -5.08. The quantitative estimate of drug-likeness (QED) is 0.878. The molecule has 0 heterocycles. The van der Waals surface area contributed by atoms with Crippen molar-refractivity contribution in [1.82, 2.24) is 0 Å². The Bertz CT molecular complexity index is 717. The molecular weight excluding hydrogens is 309 g/mol. The Morgan fingerprint density at radius 3 is 1.74 bits per heavy atom. The summed E-state index contributed by atoms with van der Waals surface area (Å²) >= 11 is 0. The number of halogens is 3. The molecule has 0 amide bonds. The zero-order valence-electron chi connectivity index (χ0n) is 12.1. The molecule has 23 heavy (non-hydrogen) atoms. The van der Waals surface area contributed by atoms with Gasteiger partial charge in [0.1, 0.15) is 0 Å². The van der Waals surface area contributed by atoms with E-state index in [2.05, 4.69) is 0 Å². The molecule has 0 spiro atoms. The van der Waals surface area contributed by atoms with Crippen LogP contribution in [0.5, 0.6) is 0 Å². The minimum absolute atomic E-state index is 0.236. The summed E-state index contributed by atoms with van der Waals surface area (Å²) in [7, 11) is 0. The highest BCUT2D eigenvalue weighted by molar-refractivity contribution is 6.10. The van der Waals surface area contributed by atoms with Gasteiger partial charge in [-0.15, -0.1) is 0 Å². The summed E-state index contributed by atoms with van der Waals surface area (Å²) in [5.74, 6) is -1.78. The number of ketones is 2. The molecule has 0 saturated heterocycles. The van der Waals surface area contributed by atoms with Gasteiger partial charge in [-0.25, -0.2) is 0 Å². The molecule has 0 aromatic heterocycles. The molecule has 0 aliphatic heterocycles. The van der Waals surface area contributed by atoms with E-state index in [-0.39, 0.29) is 16.9 Å². The van der Waals surface area contributed by atoms with Gasteiger partial charge in [0.2, 0.25) is 11.4 Å². The van der Waals surface area contributed by atoms with E-state index >= 15 is 0 Å². The maximum absolute atomic E-state index is 12.7. The fourth-order valence-corrected chi connectivity index (χ4v) is 1.94. The first-order valence-corrected chi connectivity index (χ1v) is 6.68. The molecule has 6 heteroatoms. The van der Waals surface area contributed by atoms with Crippen LogP contribution < -0.4 is 0 Å². The highest BCUT2D eigenvalue weighted by atomic mass is 19.4. The van der Waals surface area contributed by atoms with Gasteiger partial charge in [-0.3, -0.25) is 9.59 Å². The third-order valence-corrected chi connectivity index (χ3v) is 3.44. The number of carbonyl (C=O) groups is 2. The molecule has 120 valence electrons. The maximum atomic E-state index is 12.7. The summed E-state index contributed by atoms with van der Waals surface area (Å²) in [5.41, 5.74) is -3.14. The lowest BCUT2D eigenvalue weighted by Gasteiger charge is -2.24. The molecule has 0 aliphatic carbocycles. The molecule has 0 radical (unpaired) electrons. The minimum Gasteiger partial charge on any atom is -0.374 e. The van der Waals surface area contributed by atoms with Crippen molar-refractivity contribution in [3.63, 3.8) is 0 Å². The Labute approximate surface area is 130 Å². The van der Waals surface area contributed by atoms with E-state index in [4.69, 9.17) is 0 Å². The summed E-state index contributed by atoms with van der Waals surface area (Å²) in [5, 5.41) is 9.39. The van der Waals surface area contributed by atoms with Crippen molar-refractivity contribution in [3.8, 4) is 0 Å². The van der Waals surface area contributed by atoms with Crippen molar-refractivity contribution in [2.24, 2.45) is 0 Å². The fourth-order valence-electron chi connectivity index (χ4n) is 1.94. The normalized spacial score (nSPS) is 14.1. The van der Waals surface area contributed by atoms with Gasteiger partial charge in [-0.2, -0.15) is 13.2 Å². The third-order valence-electron chi connectivity index (χ3n) is 3.44. The van der Waals surface area contributed by atoms with Crippen molar-refractivity contribution in [1.29, 1.82) is 0 Å². The van der Waals surface area contributed by atoms with Crippen LogP contribution in [0.1, 0.15) is 33.2 Å². The molecule has 3 nitrogen and oxygen atoms in total. The highest BCUT2D eigenvalue weighted by Gasteiger charge is 2.55. The van der Waals surface area contributed by atoms with Crippen LogP contribution in [-0.2, 0) is 0 Å². The van der Waals surface area contributed by atoms with Gasteiger partial charge >= 0.3 is 6.18 Å². The van der Waals surface area contributed by atoms with E-state index in [0.29, 0.717) is 12.5 Å². The number of aliphatic hydroxyl groups is 1. The Balaban J connectivity index is 2.27. The molecule has 2 rings (SSSR count). The lowest BCUT2D eigenvalue weighted by atomic mass is 9.93. The van der Waals surface area contributed by atoms with Crippen LogP contribution in [0, 0.1) is 0 Å². The number of carbonyl (C=O) groups excluding carboxylic acids is 2. The highest BCUT2D eigenvalue weighted by Crippen LogP contribution is 2.32. The molecule has 1 N–H and O–H groups in total. The smallest absolute Gasteiger partial charge is 0.374 e. The van der Waals surface area contributed by atoms with Crippen molar-refractivity contribution >= 4 is 11.6 Å². The van der Waals surface area contributed by atoms with Crippen LogP contribution in [0.25, 0.3) is 0 Å². The van der Waals surface area contributed by atoms with Gasteiger partial charge in [-0.05, 0) is 6.92 Å². The van der Waals surface area contributed by atoms with Gasteiger partial charge in [0.05, 0.1) is 0 Å². The van der Waals surface area contributed by atoms with E-state index in [1.165, 1.54) is 12.1 Å². The van der Waals surface area contributed by atoms with Crippen molar-refractivity contribution in [2.45, 2.75) is 18.7 Å². The number of hydrogen-bond acceptors (Lipinski definition) is 3. The molecule has 2 aromatic rings. The average molecular weight is 322 g/mol. The number of hydrogen-bond donors (Lipinski definition) is 1. The Hall–Kier alpha value is -2.47. The second-order valence-corrected chi connectivity index (χ2v) is 5.17. The van der Waals surface area contributed by atoms with Gasteiger partial charge in [0.25, 0.3) is 0 Å². The largest absolute Gasteiger partial charge is 0.424 e. The SMILES string of the molecule is C[C@](O)(C(=O)c1ccc(C(=O)c2ccccc2)cc1)C(F)(F)F. The monoisotopic (exact) mass is 322 g/mol. The van der Waals surface area contributed by atoms with E-state index in [1.54, 1.807) is 30.3 Å². The standard InChI is InChI=1S/C17H13F3O3/c1-16(23,17(18,19)20)15(22)13-9-7-12(8-10-13)14(21)11-5-3-2-4-6-11/h2-10,23H,1H3/t16-/m0/s1. The zero-order chi connectivity index (χ0) is 17.3. The predicted molar refractivity (Wildman–Crippen MR) is 77.3 cm³/mol. The molecule has 0 saturated carbocycles. The van der Waals surface area contributed by atoms with Crippen LogP contribution in [0.15, 0.2) is 54.6 Å². The number of Topliss-reactive ketones (excluding diaryl/α,β-unsaturated/α-hetero) is 1. The molecular formula is C17H13F3O3. The molecule has 0 unspecified atom stereocenters. The van der Waals surface area contributed by atoms with Crippen LogP contribution in [0.2, 0.25) is 0 Å². The Morgan fingerprint density at radius 2 is 1.26 bits per heavy atom. The zero-order valence-corrected chi connectivity index (χ0v) is 12.1. The lowest BCUT2D eigenvalue weighted by molar-refractivity contribution is -0.229. The first-order valence-electron chi connectivity index (χ1n) is 6.68. The van der Waals surface area contributed by atoms with Crippen LogP contribution in [0.4, 0.5) is 13.2 Å². The summed E-state index contributed by atoms with van der Waals surface area (Å²) in [6.45, 7) is 0.401. The second kappa shape index (κ2) is 5.96. The lowest BCUT2D eigenvalue weighted by Crippen LogP contribution is -2.49. The number of rotatable bonds is 4. The summed E-state index contributed by atoms with van der Waals surface area (Å²) in [4.78, 5) is 24.0. The summed E-state index contributed by atoms with van der Waals surface area (Å²) in [6.07, 6.45) is -5.08. The van der Waals surface area contributed by atoms with Gasteiger partial charge in [-0.1, -0.05) is 54.6 Å². The molecule has 0 aliphatic rings. The fraction of sp³-hybridized carbons (Fsp3) is 0.176. The van der Waals surface area contributed by atoms with Crippen molar-refractivity contribution in [2.75, 3.05) is 0 Å². The van der Waals surface area contributed by atoms with Gasteiger partial charge in [0, 0.05) is 16.7 Å². The Morgan fingerprint density at radius 1 is 0.826 bits per heavy atom. The van der Waals surface area contributed by atoms with E-state index in [0.717, 1.165) is 12.1 Å². The van der Waals surface area contributed by atoms with Crippen LogP contribution in [0.3, 0.4) is 0 Å². The molecule has 0 fully saturated rings. The topological polar surface area (TPSA) is 54.4 Å². The first-order chi connectivity index (χ1) is 10.6. The average Bonchev–Trinajstić information content (AvgIpc) is 2.53. The molecule has 1 atom stereocenters. The van der Waals surface area contributed by atoms with E-state index in [1.807, 2.05) is 0 Å². The van der Waals surface area contributed by atoms with E-state index in [9.17, 15) is 27.9 Å². The Kier molecular flexibility index (Phi) is 4.38. The van der Waals surface area contributed by atoms with Gasteiger partial charge < -0.3 is 5.11 Å². The van der Waals surface area contributed by atoms with E-state index < -0.39 is 17.6 Å². The second-order valence-electron chi connectivity index (χ2n) is 5.17. The van der Waals surface area contributed by atoms with Crippen molar-refractivity contribution in [3.05, 3.63) is 71.3 Å².